The van der Waals surface area contributed by atoms with Crippen LogP contribution in [0.5, 0.6) is 5.88 Å². The third-order valence-corrected chi connectivity index (χ3v) is 2.41. The van der Waals surface area contributed by atoms with Crippen LogP contribution in [0, 0.1) is 5.82 Å². The molecule has 0 atom stereocenters. The molecule has 0 radical (unpaired) electrons. The smallest absolute Gasteiger partial charge is 0.221 e. The van der Waals surface area contributed by atoms with Crippen molar-refractivity contribution >= 4 is 0 Å². The summed E-state index contributed by atoms with van der Waals surface area (Å²) >= 11 is 0. The molecule has 1 heterocycles. The van der Waals surface area contributed by atoms with Crippen molar-refractivity contribution in [1.82, 2.24) is 4.98 Å². The van der Waals surface area contributed by atoms with Crippen molar-refractivity contribution in [3.8, 4) is 17.0 Å². The lowest BCUT2D eigenvalue weighted by Gasteiger charge is -2.08. The monoisotopic (exact) mass is 233 g/mol. The molecule has 0 saturated carbocycles. The van der Waals surface area contributed by atoms with Gasteiger partial charge in [0, 0.05) is 5.56 Å². The van der Waals surface area contributed by atoms with E-state index in [1.165, 1.54) is 19.2 Å². The Hall–Kier alpha value is -1.94. The van der Waals surface area contributed by atoms with Crippen molar-refractivity contribution in [3.63, 3.8) is 0 Å². The number of aromatic nitrogens is 1. The molecule has 88 valence electrons. The number of aliphatic hydroxyl groups excluding tert-OH is 1. The molecule has 0 saturated heterocycles. The summed E-state index contributed by atoms with van der Waals surface area (Å²) in [6, 6.07) is 9.64. The summed E-state index contributed by atoms with van der Waals surface area (Å²) in [5.41, 5.74) is 1.91. The molecule has 0 bridgehead atoms. The maximum Gasteiger partial charge on any atom is 0.221 e. The van der Waals surface area contributed by atoms with Crippen LogP contribution in [-0.4, -0.2) is 17.2 Å². The quantitative estimate of drug-likeness (QED) is 0.885. The van der Waals surface area contributed by atoms with Gasteiger partial charge >= 0.3 is 0 Å². The van der Waals surface area contributed by atoms with Gasteiger partial charge in [-0.2, -0.15) is 0 Å². The molecule has 2 rings (SSSR count). The van der Waals surface area contributed by atoms with Gasteiger partial charge in [-0.05, 0) is 29.8 Å². The summed E-state index contributed by atoms with van der Waals surface area (Å²) in [6.45, 7) is -0.153. The highest BCUT2D eigenvalue weighted by atomic mass is 19.1. The number of methoxy groups -OCH3 is 1. The zero-order chi connectivity index (χ0) is 12.3. The van der Waals surface area contributed by atoms with Gasteiger partial charge in [0.15, 0.2) is 0 Å². The topological polar surface area (TPSA) is 42.4 Å². The van der Waals surface area contributed by atoms with Crippen molar-refractivity contribution in [1.29, 1.82) is 0 Å². The van der Waals surface area contributed by atoms with Crippen LogP contribution < -0.4 is 4.74 Å². The van der Waals surface area contributed by atoms with Gasteiger partial charge in [0.1, 0.15) is 5.82 Å². The predicted octanol–water partition coefficient (Wildman–Crippen LogP) is 2.39. The fourth-order valence-corrected chi connectivity index (χ4v) is 1.60. The summed E-state index contributed by atoms with van der Waals surface area (Å²) in [5, 5.41) is 8.99. The summed E-state index contributed by atoms with van der Waals surface area (Å²) in [4.78, 5) is 4.12. The lowest BCUT2D eigenvalue weighted by molar-refractivity contribution is 0.274. The van der Waals surface area contributed by atoms with E-state index in [2.05, 4.69) is 4.98 Å². The highest BCUT2D eigenvalue weighted by Gasteiger charge is 2.08. The van der Waals surface area contributed by atoms with E-state index in [0.717, 1.165) is 0 Å². The second kappa shape index (κ2) is 4.93. The van der Waals surface area contributed by atoms with Gasteiger partial charge in [-0.1, -0.05) is 12.1 Å². The van der Waals surface area contributed by atoms with Crippen LogP contribution in [0.15, 0.2) is 36.4 Å². The number of aliphatic hydroxyl groups is 1. The molecule has 4 heteroatoms. The zero-order valence-electron chi connectivity index (χ0n) is 9.35. The molecule has 2 aromatic rings. The van der Waals surface area contributed by atoms with E-state index in [1.807, 2.05) is 0 Å². The van der Waals surface area contributed by atoms with Crippen molar-refractivity contribution in [2.75, 3.05) is 7.11 Å². The van der Waals surface area contributed by atoms with E-state index in [4.69, 9.17) is 9.84 Å². The van der Waals surface area contributed by atoms with Gasteiger partial charge in [-0.15, -0.1) is 0 Å². The molecule has 0 amide bonds. The minimum Gasteiger partial charge on any atom is -0.481 e. The first-order valence-corrected chi connectivity index (χ1v) is 5.15. The van der Waals surface area contributed by atoms with Crippen LogP contribution in [-0.2, 0) is 6.61 Å². The third-order valence-electron chi connectivity index (χ3n) is 2.41. The molecular weight excluding hydrogens is 221 g/mol. The van der Waals surface area contributed by atoms with Crippen LogP contribution >= 0.6 is 0 Å². The third kappa shape index (κ3) is 2.42. The Bertz CT molecular complexity index is 529. The maximum atomic E-state index is 13.1. The number of rotatable bonds is 3. The second-order valence-corrected chi connectivity index (χ2v) is 3.53. The Morgan fingerprint density at radius 1 is 1.29 bits per heavy atom. The average Bonchev–Trinajstić information content (AvgIpc) is 2.38. The molecule has 0 aliphatic heterocycles. The Labute approximate surface area is 98.5 Å². The van der Waals surface area contributed by atoms with E-state index in [1.54, 1.807) is 24.3 Å². The number of ether oxygens (including phenoxy) is 1. The minimum absolute atomic E-state index is 0.153. The first-order valence-electron chi connectivity index (χ1n) is 5.15. The predicted molar refractivity (Wildman–Crippen MR) is 62.1 cm³/mol. The molecule has 1 N–H and O–H groups in total. The Balaban J connectivity index is 2.51. The van der Waals surface area contributed by atoms with Gasteiger partial charge in [0.25, 0.3) is 0 Å². The van der Waals surface area contributed by atoms with E-state index < -0.39 is 0 Å². The fourth-order valence-electron chi connectivity index (χ4n) is 1.60. The van der Waals surface area contributed by atoms with Gasteiger partial charge in [0.2, 0.25) is 5.88 Å². The van der Waals surface area contributed by atoms with Crippen molar-refractivity contribution in [3.05, 3.63) is 47.9 Å². The van der Waals surface area contributed by atoms with Crippen molar-refractivity contribution < 1.29 is 14.2 Å². The SMILES string of the molecule is COc1nc(CO)ccc1-c1cccc(F)c1. The number of halogens is 1. The molecule has 0 aliphatic rings. The Morgan fingerprint density at radius 2 is 2.12 bits per heavy atom. The van der Waals surface area contributed by atoms with E-state index >= 15 is 0 Å². The van der Waals surface area contributed by atoms with Crippen LogP contribution in [0.3, 0.4) is 0 Å². The van der Waals surface area contributed by atoms with Crippen LogP contribution in [0.4, 0.5) is 4.39 Å². The lowest BCUT2D eigenvalue weighted by atomic mass is 10.1. The Morgan fingerprint density at radius 3 is 2.76 bits per heavy atom. The largest absolute Gasteiger partial charge is 0.481 e. The maximum absolute atomic E-state index is 13.1. The number of pyridine rings is 1. The standard InChI is InChI=1S/C13H12FNO2/c1-17-13-12(6-5-11(8-16)15-13)9-3-2-4-10(14)7-9/h2-7,16H,8H2,1H3. The van der Waals surface area contributed by atoms with Crippen LogP contribution in [0.25, 0.3) is 11.1 Å². The van der Waals surface area contributed by atoms with Gasteiger partial charge in [-0.25, -0.2) is 9.37 Å². The molecule has 1 aromatic heterocycles. The molecular formula is C13H12FNO2. The van der Waals surface area contributed by atoms with Gasteiger partial charge in [0.05, 0.1) is 19.4 Å². The van der Waals surface area contributed by atoms with E-state index in [-0.39, 0.29) is 12.4 Å². The van der Waals surface area contributed by atoms with Crippen LogP contribution in [0.2, 0.25) is 0 Å². The number of benzene rings is 1. The average molecular weight is 233 g/mol. The second-order valence-electron chi connectivity index (χ2n) is 3.53. The minimum atomic E-state index is -0.309. The summed E-state index contributed by atoms with van der Waals surface area (Å²) in [5.74, 6) is 0.0675. The van der Waals surface area contributed by atoms with Crippen molar-refractivity contribution in [2.45, 2.75) is 6.61 Å². The molecule has 1 aromatic carbocycles. The highest BCUT2D eigenvalue weighted by molar-refractivity contribution is 5.68. The Kier molecular flexibility index (Phi) is 3.35. The molecule has 0 unspecified atom stereocenters. The lowest BCUT2D eigenvalue weighted by Crippen LogP contribution is -1.96. The number of hydrogen-bond donors (Lipinski definition) is 1. The van der Waals surface area contributed by atoms with Crippen LogP contribution in [0.1, 0.15) is 5.69 Å². The van der Waals surface area contributed by atoms with Gasteiger partial charge in [-0.3, -0.25) is 0 Å². The van der Waals surface area contributed by atoms with E-state index in [9.17, 15) is 4.39 Å². The van der Waals surface area contributed by atoms with Crippen molar-refractivity contribution in [2.24, 2.45) is 0 Å². The molecule has 0 aliphatic carbocycles. The fraction of sp³-hybridized carbons (Fsp3) is 0.154. The number of hydrogen-bond acceptors (Lipinski definition) is 3. The normalized spacial score (nSPS) is 10.3. The highest BCUT2D eigenvalue weighted by Crippen LogP contribution is 2.28. The number of nitrogens with zero attached hydrogens (tertiary/aromatic N) is 1. The summed E-state index contributed by atoms with van der Waals surface area (Å²) in [6.07, 6.45) is 0. The van der Waals surface area contributed by atoms with E-state index in [0.29, 0.717) is 22.7 Å². The summed E-state index contributed by atoms with van der Waals surface area (Å²) < 4.78 is 18.3. The van der Waals surface area contributed by atoms with Gasteiger partial charge < -0.3 is 9.84 Å². The first kappa shape index (κ1) is 11.5. The molecule has 0 fully saturated rings. The first-order chi connectivity index (χ1) is 8.24. The summed E-state index contributed by atoms with van der Waals surface area (Å²) in [7, 11) is 1.49. The molecule has 17 heavy (non-hydrogen) atoms. The molecule has 0 spiro atoms. The zero-order valence-corrected chi connectivity index (χ0v) is 9.35. The molecule has 3 nitrogen and oxygen atoms in total.